The van der Waals surface area contributed by atoms with Crippen LogP contribution >= 0.6 is 0 Å². The quantitative estimate of drug-likeness (QED) is 0.938. The highest BCUT2D eigenvalue weighted by atomic mass is 19.1. The van der Waals surface area contributed by atoms with Gasteiger partial charge in [0.25, 0.3) is 0 Å². The Hall–Kier alpha value is -2.07. The summed E-state index contributed by atoms with van der Waals surface area (Å²) < 4.78 is 24.5. The third-order valence-electron chi connectivity index (χ3n) is 3.56. The van der Waals surface area contributed by atoms with Gasteiger partial charge in [-0.2, -0.15) is 0 Å². The number of hydrogen-bond donors (Lipinski definition) is 1. The van der Waals surface area contributed by atoms with Gasteiger partial charge in [0.15, 0.2) is 0 Å². The van der Waals surface area contributed by atoms with Crippen molar-refractivity contribution in [3.05, 3.63) is 59.4 Å². The number of halogens is 1. The first kappa shape index (κ1) is 13.9. The van der Waals surface area contributed by atoms with Gasteiger partial charge in [0, 0.05) is 12.0 Å². The van der Waals surface area contributed by atoms with Gasteiger partial charge in [0.1, 0.15) is 30.0 Å². The molecule has 1 heterocycles. The number of benzene rings is 2. The minimum Gasteiger partial charge on any atom is -0.490 e. The molecule has 2 aromatic rings. The van der Waals surface area contributed by atoms with Gasteiger partial charge >= 0.3 is 0 Å². The Morgan fingerprint density at radius 2 is 2.05 bits per heavy atom. The zero-order chi connectivity index (χ0) is 14.8. The van der Waals surface area contributed by atoms with Crippen LogP contribution in [0.15, 0.2) is 42.5 Å². The molecular weight excluding hydrogens is 271 g/mol. The molecule has 0 fully saturated rings. The SMILES string of the molecule is CC(O)c1ccc(OCC2Cc3cc(F)ccc3O2)cc1. The van der Waals surface area contributed by atoms with E-state index in [9.17, 15) is 9.50 Å². The number of aliphatic hydroxyl groups excluding tert-OH is 1. The van der Waals surface area contributed by atoms with E-state index in [1.165, 1.54) is 12.1 Å². The van der Waals surface area contributed by atoms with E-state index in [1.54, 1.807) is 13.0 Å². The minimum atomic E-state index is -0.485. The Bertz CT molecular complexity index is 622. The van der Waals surface area contributed by atoms with Gasteiger partial charge in [-0.05, 0) is 42.8 Å². The molecule has 2 aromatic carbocycles. The lowest BCUT2D eigenvalue weighted by Gasteiger charge is -2.13. The summed E-state index contributed by atoms with van der Waals surface area (Å²) in [6.45, 7) is 2.13. The van der Waals surface area contributed by atoms with Crippen molar-refractivity contribution in [2.24, 2.45) is 0 Å². The molecule has 0 aromatic heterocycles. The Morgan fingerprint density at radius 3 is 2.76 bits per heavy atom. The summed E-state index contributed by atoms with van der Waals surface area (Å²) in [6.07, 6.45) is 0.0682. The summed E-state index contributed by atoms with van der Waals surface area (Å²) in [5, 5.41) is 9.45. The van der Waals surface area contributed by atoms with E-state index in [-0.39, 0.29) is 11.9 Å². The zero-order valence-corrected chi connectivity index (χ0v) is 11.8. The summed E-state index contributed by atoms with van der Waals surface area (Å²) in [5.41, 5.74) is 1.73. The average Bonchev–Trinajstić information content (AvgIpc) is 2.87. The summed E-state index contributed by atoms with van der Waals surface area (Å²) in [6, 6.07) is 11.9. The highest BCUT2D eigenvalue weighted by molar-refractivity contribution is 5.38. The van der Waals surface area contributed by atoms with Crippen LogP contribution in [0.2, 0.25) is 0 Å². The van der Waals surface area contributed by atoms with E-state index in [2.05, 4.69) is 0 Å². The Balaban J connectivity index is 1.57. The van der Waals surface area contributed by atoms with Crippen LogP contribution in [-0.4, -0.2) is 17.8 Å². The molecule has 0 bridgehead atoms. The fourth-order valence-corrected chi connectivity index (χ4v) is 2.41. The van der Waals surface area contributed by atoms with E-state index in [0.717, 1.165) is 22.6 Å². The first-order valence-corrected chi connectivity index (χ1v) is 6.98. The first-order chi connectivity index (χ1) is 10.1. The van der Waals surface area contributed by atoms with Crippen molar-refractivity contribution in [1.29, 1.82) is 0 Å². The van der Waals surface area contributed by atoms with Gasteiger partial charge in [-0.3, -0.25) is 0 Å². The molecule has 21 heavy (non-hydrogen) atoms. The van der Waals surface area contributed by atoms with Crippen molar-refractivity contribution < 1.29 is 19.0 Å². The minimum absolute atomic E-state index is 0.0989. The maximum Gasteiger partial charge on any atom is 0.137 e. The van der Waals surface area contributed by atoms with Crippen LogP contribution in [0.25, 0.3) is 0 Å². The zero-order valence-electron chi connectivity index (χ0n) is 11.8. The van der Waals surface area contributed by atoms with Crippen LogP contribution in [0.5, 0.6) is 11.5 Å². The molecular formula is C17H17FO3. The van der Waals surface area contributed by atoms with Gasteiger partial charge in [0.2, 0.25) is 0 Å². The van der Waals surface area contributed by atoms with Crippen molar-refractivity contribution in [2.75, 3.05) is 6.61 Å². The summed E-state index contributed by atoms with van der Waals surface area (Å²) in [4.78, 5) is 0. The number of fused-ring (bicyclic) bond motifs is 1. The van der Waals surface area contributed by atoms with Crippen LogP contribution in [0.3, 0.4) is 0 Å². The largest absolute Gasteiger partial charge is 0.490 e. The molecule has 0 aliphatic carbocycles. The topological polar surface area (TPSA) is 38.7 Å². The number of ether oxygens (including phenoxy) is 2. The number of aliphatic hydroxyl groups is 1. The predicted octanol–water partition coefficient (Wildman–Crippen LogP) is 3.26. The normalized spacial score (nSPS) is 18.0. The summed E-state index contributed by atoms with van der Waals surface area (Å²) >= 11 is 0. The van der Waals surface area contributed by atoms with Gasteiger partial charge in [-0.15, -0.1) is 0 Å². The highest BCUT2D eigenvalue weighted by Crippen LogP contribution is 2.29. The molecule has 2 atom stereocenters. The maximum atomic E-state index is 13.1. The monoisotopic (exact) mass is 288 g/mol. The average molecular weight is 288 g/mol. The van der Waals surface area contributed by atoms with Crippen LogP contribution in [0.4, 0.5) is 4.39 Å². The summed E-state index contributed by atoms with van der Waals surface area (Å²) in [5.74, 6) is 1.22. The van der Waals surface area contributed by atoms with Gasteiger partial charge in [0.05, 0.1) is 6.10 Å². The highest BCUT2D eigenvalue weighted by Gasteiger charge is 2.23. The smallest absolute Gasteiger partial charge is 0.137 e. The van der Waals surface area contributed by atoms with Crippen LogP contribution in [-0.2, 0) is 6.42 Å². The van der Waals surface area contributed by atoms with Crippen LogP contribution in [0.1, 0.15) is 24.2 Å². The maximum absolute atomic E-state index is 13.1. The molecule has 0 saturated carbocycles. The number of hydrogen-bond acceptors (Lipinski definition) is 3. The Kier molecular flexibility index (Phi) is 3.80. The molecule has 1 N–H and O–H groups in total. The van der Waals surface area contributed by atoms with Crippen molar-refractivity contribution in [3.63, 3.8) is 0 Å². The molecule has 3 rings (SSSR count). The third-order valence-corrected chi connectivity index (χ3v) is 3.56. The molecule has 2 unspecified atom stereocenters. The molecule has 0 saturated heterocycles. The first-order valence-electron chi connectivity index (χ1n) is 6.98. The van der Waals surface area contributed by atoms with Crippen molar-refractivity contribution in [1.82, 2.24) is 0 Å². The van der Waals surface area contributed by atoms with Gasteiger partial charge < -0.3 is 14.6 Å². The molecule has 0 radical (unpaired) electrons. The third kappa shape index (κ3) is 3.16. The van der Waals surface area contributed by atoms with Crippen molar-refractivity contribution in [3.8, 4) is 11.5 Å². The number of rotatable bonds is 4. The van der Waals surface area contributed by atoms with E-state index < -0.39 is 6.10 Å². The van der Waals surface area contributed by atoms with Gasteiger partial charge in [-0.1, -0.05) is 12.1 Å². The second-order valence-corrected chi connectivity index (χ2v) is 5.25. The lowest BCUT2D eigenvalue weighted by molar-refractivity contribution is 0.148. The van der Waals surface area contributed by atoms with E-state index in [0.29, 0.717) is 13.0 Å². The fraction of sp³-hybridized carbons (Fsp3) is 0.294. The molecule has 0 spiro atoms. The lowest BCUT2D eigenvalue weighted by atomic mass is 10.1. The molecule has 0 amide bonds. The lowest BCUT2D eigenvalue weighted by Crippen LogP contribution is -2.22. The fourth-order valence-electron chi connectivity index (χ4n) is 2.41. The van der Waals surface area contributed by atoms with Crippen molar-refractivity contribution in [2.45, 2.75) is 25.6 Å². The second kappa shape index (κ2) is 5.74. The molecule has 110 valence electrons. The Morgan fingerprint density at radius 1 is 1.29 bits per heavy atom. The van der Waals surface area contributed by atoms with Crippen LogP contribution in [0, 0.1) is 5.82 Å². The van der Waals surface area contributed by atoms with E-state index >= 15 is 0 Å². The van der Waals surface area contributed by atoms with Gasteiger partial charge in [-0.25, -0.2) is 4.39 Å². The van der Waals surface area contributed by atoms with Crippen LogP contribution < -0.4 is 9.47 Å². The van der Waals surface area contributed by atoms with E-state index in [4.69, 9.17) is 9.47 Å². The Labute approximate surface area is 122 Å². The van der Waals surface area contributed by atoms with Crippen molar-refractivity contribution >= 4 is 0 Å². The second-order valence-electron chi connectivity index (χ2n) is 5.25. The molecule has 4 heteroatoms. The predicted molar refractivity (Wildman–Crippen MR) is 77.1 cm³/mol. The molecule has 1 aliphatic rings. The summed E-state index contributed by atoms with van der Waals surface area (Å²) in [7, 11) is 0. The standard InChI is InChI=1S/C17H17FO3/c1-11(19)12-2-5-15(6-3-12)20-10-16-9-13-8-14(18)4-7-17(13)21-16/h2-8,11,16,19H,9-10H2,1H3. The van der Waals surface area contributed by atoms with E-state index in [1.807, 2.05) is 24.3 Å². The molecule has 1 aliphatic heterocycles. The molecule has 3 nitrogen and oxygen atoms in total.